The summed E-state index contributed by atoms with van der Waals surface area (Å²) < 4.78 is 5.51. The molecule has 0 aliphatic carbocycles. The fourth-order valence-corrected chi connectivity index (χ4v) is 1.63. The predicted octanol–water partition coefficient (Wildman–Crippen LogP) is 1.40. The van der Waals surface area contributed by atoms with Crippen LogP contribution in [0.15, 0.2) is 0 Å². The Bertz CT molecular complexity index is 116. The summed E-state index contributed by atoms with van der Waals surface area (Å²) in [4.78, 5) is 0. The number of nitrogens with two attached hydrogens (primary N) is 1. The van der Waals surface area contributed by atoms with Crippen LogP contribution in [0.2, 0.25) is 0 Å². The second-order valence-corrected chi connectivity index (χ2v) is 3.57. The number of ether oxygens (including phenoxy) is 1. The SMILES string of the molecule is CC[C@H](C)[C@H]1CO[C@@H](CN)C1. The molecule has 2 nitrogen and oxygen atoms in total. The summed E-state index contributed by atoms with van der Waals surface area (Å²) in [6.07, 6.45) is 2.77. The van der Waals surface area contributed by atoms with Crippen LogP contribution in [0.3, 0.4) is 0 Å². The van der Waals surface area contributed by atoms with E-state index in [1.807, 2.05) is 0 Å². The second-order valence-electron chi connectivity index (χ2n) is 3.57. The van der Waals surface area contributed by atoms with Crippen molar-refractivity contribution in [1.82, 2.24) is 0 Å². The molecule has 2 N–H and O–H groups in total. The predicted molar refractivity (Wildman–Crippen MR) is 46.4 cm³/mol. The Morgan fingerprint density at radius 1 is 1.64 bits per heavy atom. The van der Waals surface area contributed by atoms with Crippen LogP contribution in [0.1, 0.15) is 26.7 Å². The maximum atomic E-state index is 5.51. The van der Waals surface area contributed by atoms with E-state index < -0.39 is 0 Å². The minimum absolute atomic E-state index is 0.342. The number of hydrogen-bond acceptors (Lipinski definition) is 2. The first-order valence-electron chi connectivity index (χ1n) is 4.59. The van der Waals surface area contributed by atoms with Gasteiger partial charge in [-0.1, -0.05) is 20.3 Å². The number of hydrogen-bond donors (Lipinski definition) is 1. The normalized spacial score (nSPS) is 34.1. The molecule has 1 aliphatic heterocycles. The Morgan fingerprint density at radius 2 is 2.36 bits per heavy atom. The van der Waals surface area contributed by atoms with Gasteiger partial charge in [-0.3, -0.25) is 0 Å². The van der Waals surface area contributed by atoms with Gasteiger partial charge in [0.05, 0.1) is 12.7 Å². The van der Waals surface area contributed by atoms with Gasteiger partial charge in [0.1, 0.15) is 0 Å². The van der Waals surface area contributed by atoms with Crippen molar-refractivity contribution in [1.29, 1.82) is 0 Å². The third-order valence-corrected chi connectivity index (χ3v) is 2.82. The molecule has 1 aliphatic rings. The van der Waals surface area contributed by atoms with Gasteiger partial charge in [0.15, 0.2) is 0 Å². The zero-order valence-corrected chi connectivity index (χ0v) is 7.55. The summed E-state index contributed by atoms with van der Waals surface area (Å²) in [5, 5.41) is 0. The maximum absolute atomic E-state index is 5.51. The van der Waals surface area contributed by atoms with E-state index in [4.69, 9.17) is 10.5 Å². The lowest BCUT2D eigenvalue weighted by Gasteiger charge is -2.14. The summed E-state index contributed by atoms with van der Waals surface area (Å²) in [5.74, 6) is 1.56. The van der Waals surface area contributed by atoms with Gasteiger partial charge in [-0.05, 0) is 18.3 Å². The van der Waals surface area contributed by atoms with Crippen LogP contribution in [-0.4, -0.2) is 19.3 Å². The molecule has 1 fully saturated rings. The highest BCUT2D eigenvalue weighted by molar-refractivity contribution is 4.77. The van der Waals surface area contributed by atoms with E-state index in [0.29, 0.717) is 12.6 Å². The molecule has 0 radical (unpaired) electrons. The Labute approximate surface area is 69.1 Å². The van der Waals surface area contributed by atoms with Crippen molar-refractivity contribution in [3.63, 3.8) is 0 Å². The monoisotopic (exact) mass is 157 g/mol. The van der Waals surface area contributed by atoms with E-state index in [-0.39, 0.29) is 0 Å². The van der Waals surface area contributed by atoms with Gasteiger partial charge in [0.25, 0.3) is 0 Å². The molecule has 2 heteroatoms. The molecule has 0 aromatic rings. The zero-order chi connectivity index (χ0) is 8.27. The van der Waals surface area contributed by atoms with Crippen LogP contribution < -0.4 is 5.73 Å². The molecular weight excluding hydrogens is 138 g/mol. The summed E-state index contributed by atoms with van der Waals surface area (Å²) >= 11 is 0. The van der Waals surface area contributed by atoms with Crippen LogP contribution in [0, 0.1) is 11.8 Å². The van der Waals surface area contributed by atoms with E-state index >= 15 is 0 Å². The highest BCUT2D eigenvalue weighted by atomic mass is 16.5. The second kappa shape index (κ2) is 4.07. The van der Waals surface area contributed by atoms with Gasteiger partial charge >= 0.3 is 0 Å². The molecule has 11 heavy (non-hydrogen) atoms. The smallest absolute Gasteiger partial charge is 0.0701 e. The minimum atomic E-state index is 0.342. The van der Waals surface area contributed by atoms with Crippen LogP contribution in [0.25, 0.3) is 0 Å². The molecule has 0 spiro atoms. The van der Waals surface area contributed by atoms with Gasteiger partial charge < -0.3 is 10.5 Å². The summed E-state index contributed by atoms with van der Waals surface area (Å²) in [6, 6.07) is 0. The molecular formula is C9H19NO. The molecule has 0 aromatic heterocycles. The van der Waals surface area contributed by atoms with E-state index in [2.05, 4.69) is 13.8 Å². The van der Waals surface area contributed by atoms with Gasteiger partial charge in [-0.25, -0.2) is 0 Å². The molecule has 3 atom stereocenters. The van der Waals surface area contributed by atoms with Crippen molar-refractivity contribution >= 4 is 0 Å². The Kier molecular flexibility index (Phi) is 3.34. The first-order chi connectivity index (χ1) is 5.27. The summed E-state index contributed by atoms with van der Waals surface area (Å²) in [5.41, 5.74) is 5.51. The maximum Gasteiger partial charge on any atom is 0.0701 e. The van der Waals surface area contributed by atoms with Crippen LogP contribution in [0.5, 0.6) is 0 Å². The molecule has 0 unspecified atom stereocenters. The van der Waals surface area contributed by atoms with Crippen molar-refractivity contribution < 1.29 is 4.74 Å². The fraction of sp³-hybridized carbons (Fsp3) is 1.00. The largest absolute Gasteiger partial charge is 0.377 e. The standard InChI is InChI=1S/C9H19NO/c1-3-7(2)8-4-9(5-10)11-6-8/h7-9H,3-6,10H2,1-2H3/t7-,8+,9+/m0/s1. The average molecular weight is 157 g/mol. The third kappa shape index (κ3) is 2.17. The topological polar surface area (TPSA) is 35.2 Å². The lowest BCUT2D eigenvalue weighted by atomic mass is 9.90. The van der Waals surface area contributed by atoms with Gasteiger partial charge in [0.2, 0.25) is 0 Å². The van der Waals surface area contributed by atoms with Gasteiger partial charge in [-0.2, -0.15) is 0 Å². The molecule has 0 bridgehead atoms. The average Bonchev–Trinajstić information content (AvgIpc) is 2.50. The molecule has 0 amide bonds. The van der Waals surface area contributed by atoms with Crippen molar-refractivity contribution in [2.45, 2.75) is 32.8 Å². The van der Waals surface area contributed by atoms with Crippen molar-refractivity contribution in [2.24, 2.45) is 17.6 Å². The third-order valence-electron chi connectivity index (χ3n) is 2.82. The first kappa shape index (κ1) is 9.01. The summed E-state index contributed by atoms with van der Waals surface area (Å²) in [6.45, 7) is 6.15. The first-order valence-corrected chi connectivity index (χ1v) is 4.59. The van der Waals surface area contributed by atoms with E-state index in [1.165, 1.54) is 12.8 Å². The van der Waals surface area contributed by atoms with E-state index in [0.717, 1.165) is 18.4 Å². The highest BCUT2D eigenvalue weighted by Crippen LogP contribution is 2.27. The van der Waals surface area contributed by atoms with Crippen molar-refractivity contribution in [3.05, 3.63) is 0 Å². The molecule has 1 heterocycles. The zero-order valence-electron chi connectivity index (χ0n) is 7.55. The Hall–Kier alpha value is -0.0800. The molecule has 1 rings (SSSR count). The Balaban J connectivity index is 2.29. The minimum Gasteiger partial charge on any atom is -0.377 e. The Morgan fingerprint density at radius 3 is 2.82 bits per heavy atom. The van der Waals surface area contributed by atoms with Gasteiger partial charge in [0, 0.05) is 6.54 Å². The molecule has 0 saturated carbocycles. The van der Waals surface area contributed by atoms with E-state index in [9.17, 15) is 0 Å². The summed E-state index contributed by atoms with van der Waals surface area (Å²) in [7, 11) is 0. The van der Waals surface area contributed by atoms with Gasteiger partial charge in [-0.15, -0.1) is 0 Å². The van der Waals surface area contributed by atoms with Crippen molar-refractivity contribution in [2.75, 3.05) is 13.2 Å². The lowest BCUT2D eigenvalue weighted by Crippen LogP contribution is -2.19. The fourth-order valence-electron chi connectivity index (χ4n) is 1.63. The molecule has 0 aromatic carbocycles. The molecule has 66 valence electrons. The van der Waals surface area contributed by atoms with E-state index in [1.54, 1.807) is 0 Å². The van der Waals surface area contributed by atoms with Crippen LogP contribution in [-0.2, 0) is 4.74 Å². The number of rotatable bonds is 3. The van der Waals surface area contributed by atoms with Crippen LogP contribution >= 0.6 is 0 Å². The van der Waals surface area contributed by atoms with Crippen molar-refractivity contribution in [3.8, 4) is 0 Å². The highest BCUT2D eigenvalue weighted by Gasteiger charge is 2.27. The van der Waals surface area contributed by atoms with Crippen LogP contribution in [0.4, 0.5) is 0 Å². The quantitative estimate of drug-likeness (QED) is 0.672. The lowest BCUT2D eigenvalue weighted by molar-refractivity contribution is 0.108. The molecule has 1 saturated heterocycles.